The van der Waals surface area contributed by atoms with Crippen molar-refractivity contribution >= 4 is 22.6 Å². The average molecular weight is 233 g/mol. The third kappa shape index (κ3) is 1.46. The Balaban J connectivity index is 2.45. The molecule has 0 spiro atoms. The minimum Gasteiger partial charge on any atom is -0.325 e. The van der Waals surface area contributed by atoms with Crippen LogP contribution in [-0.2, 0) is 0 Å². The first-order valence-corrected chi connectivity index (χ1v) is 4.47. The van der Waals surface area contributed by atoms with Gasteiger partial charge in [-0.2, -0.15) is 0 Å². The number of hydrogen-bond acceptors (Lipinski definition) is 1. The van der Waals surface area contributed by atoms with Crippen molar-refractivity contribution < 1.29 is 0 Å². The average Bonchev–Trinajstić information content (AvgIpc) is 1.81. The van der Waals surface area contributed by atoms with E-state index in [-0.39, 0.29) is 5.54 Å². The lowest BCUT2D eigenvalue weighted by Gasteiger charge is -2.42. The molecular formula is C7H12IN. The Morgan fingerprint density at radius 2 is 2.44 bits per heavy atom. The van der Waals surface area contributed by atoms with Crippen LogP contribution in [0.1, 0.15) is 19.8 Å². The van der Waals surface area contributed by atoms with E-state index in [0.29, 0.717) is 5.92 Å². The zero-order valence-corrected chi connectivity index (χ0v) is 7.76. The van der Waals surface area contributed by atoms with Gasteiger partial charge < -0.3 is 5.73 Å². The van der Waals surface area contributed by atoms with Gasteiger partial charge in [-0.3, -0.25) is 0 Å². The van der Waals surface area contributed by atoms with Crippen LogP contribution in [0.25, 0.3) is 0 Å². The Morgan fingerprint density at radius 3 is 2.56 bits per heavy atom. The fourth-order valence-electron chi connectivity index (χ4n) is 1.17. The lowest BCUT2D eigenvalue weighted by molar-refractivity contribution is 0.195. The lowest BCUT2D eigenvalue weighted by Crippen LogP contribution is -2.51. The van der Waals surface area contributed by atoms with E-state index in [4.69, 9.17) is 5.73 Å². The summed E-state index contributed by atoms with van der Waals surface area (Å²) in [6, 6.07) is 0. The summed E-state index contributed by atoms with van der Waals surface area (Å²) in [5.74, 6) is 0.634. The molecule has 0 aromatic rings. The van der Waals surface area contributed by atoms with Crippen LogP contribution in [0.15, 0.2) is 10.2 Å². The maximum atomic E-state index is 5.90. The number of nitrogens with two attached hydrogens (primary N) is 1. The normalized spacial score (nSPS) is 43.2. The molecule has 1 fully saturated rings. The quantitative estimate of drug-likeness (QED) is 0.689. The summed E-state index contributed by atoms with van der Waals surface area (Å²) < 4.78 is 2.06. The van der Waals surface area contributed by atoms with Gasteiger partial charge >= 0.3 is 0 Å². The molecule has 0 radical (unpaired) electrons. The Bertz CT molecular complexity index is 129. The van der Waals surface area contributed by atoms with Crippen molar-refractivity contribution in [2.45, 2.75) is 25.3 Å². The van der Waals surface area contributed by atoms with Crippen LogP contribution >= 0.6 is 22.6 Å². The van der Waals surface area contributed by atoms with Gasteiger partial charge in [-0.25, -0.2) is 0 Å². The molecule has 1 unspecified atom stereocenters. The molecule has 0 heterocycles. The largest absolute Gasteiger partial charge is 0.325 e. The number of hydrogen-bond donors (Lipinski definition) is 1. The monoisotopic (exact) mass is 233 g/mol. The second-order valence-corrected chi connectivity index (χ2v) is 3.69. The zero-order valence-electron chi connectivity index (χ0n) is 5.60. The molecule has 0 aromatic carbocycles. The maximum absolute atomic E-state index is 5.90. The fourth-order valence-corrected chi connectivity index (χ4v) is 1.67. The van der Waals surface area contributed by atoms with Crippen molar-refractivity contribution in [1.82, 2.24) is 0 Å². The van der Waals surface area contributed by atoms with Gasteiger partial charge in [0.15, 0.2) is 0 Å². The molecule has 1 nitrogen and oxygen atoms in total. The van der Waals surface area contributed by atoms with Crippen LogP contribution in [0.5, 0.6) is 0 Å². The van der Waals surface area contributed by atoms with Crippen LogP contribution in [-0.4, -0.2) is 5.54 Å². The van der Waals surface area contributed by atoms with E-state index < -0.39 is 0 Å². The Kier molecular flexibility index (Phi) is 2.16. The number of halogens is 1. The Labute approximate surface area is 69.8 Å². The van der Waals surface area contributed by atoms with Gasteiger partial charge in [0.2, 0.25) is 0 Å². The van der Waals surface area contributed by atoms with E-state index >= 15 is 0 Å². The SMILES string of the molecule is C[C@]1(N)CCC1/C=C/[123I]. The molecule has 2 N–H and O–H groups in total. The first kappa shape index (κ1) is 7.54. The zero-order chi connectivity index (χ0) is 6.91. The summed E-state index contributed by atoms with van der Waals surface area (Å²) in [5.41, 5.74) is 6.00. The van der Waals surface area contributed by atoms with Gasteiger partial charge in [0.1, 0.15) is 0 Å². The van der Waals surface area contributed by atoms with Crippen LogP contribution in [0.3, 0.4) is 0 Å². The molecule has 9 heavy (non-hydrogen) atoms. The molecule has 1 aliphatic carbocycles. The van der Waals surface area contributed by atoms with Crippen LogP contribution < -0.4 is 5.73 Å². The lowest BCUT2D eigenvalue weighted by atomic mass is 9.69. The first-order chi connectivity index (χ1) is 4.17. The third-order valence-corrected chi connectivity index (χ3v) is 2.56. The molecule has 2 atom stereocenters. The van der Waals surface area contributed by atoms with Gasteiger partial charge in [-0.05, 0) is 29.8 Å². The first-order valence-electron chi connectivity index (χ1n) is 3.22. The predicted molar refractivity (Wildman–Crippen MR) is 48.5 cm³/mol. The standard InChI is InChI=1S/C7H12IN/c1-7(9)4-2-6(7)3-5-8/h3,5-6H,2,4,9H2,1H3/b5-3+/t6?,7-/m0/s1/i8-4. The van der Waals surface area contributed by atoms with Crippen LogP contribution in [0, 0.1) is 5.92 Å². The van der Waals surface area contributed by atoms with Crippen molar-refractivity contribution in [2.24, 2.45) is 11.7 Å². The maximum Gasteiger partial charge on any atom is 0.0189 e. The fraction of sp³-hybridized carbons (Fsp3) is 0.714. The summed E-state index contributed by atoms with van der Waals surface area (Å²) in [6.07, 6.45) is 4.65. The van der Waals surface area contributed by atoms with E-state index in [1.807, 2.05) is 0 Å². The molecule has 0 aromatic heterocycles. The molecule has 1 saturated carbocycles. The van der Waals surface area contributed by atoms with Gasteiger partial charge in [0, 0.05) is 5.54 Å². The summed E-state index contributed by atoms with van der Waals surface area (Å²) in [7, 11) is 0. The highest BCUT2D eigenvalue weighted by Crippen LogP contribution is 2.36. The molecule has 52 valence electrons. The van der Waals surface area contributed by atoms with Crippen molar-refractivity contribution in [3.05, 3.63) is 10.2 Å². The van der Waals surface area contributed by atoms with Gasteiger partial charge in [0.25, 0.3) is 0 Å². The summed E-state index contributed by atoms with van der Waals surface area (Å²) >= 11 is 2.24. The minimum atomic E-state index is 0.0989. The van der Waals surface area contributed by atoms with Crippen LogP contribution in [0.4, 0.5) is 0 Å². The Hall–Kier alpha value is 0.430. The third-order valence-electron chi connectivity index (χ3n) is 2.15. The van der Waals surface area contributed by atoms with Gasteiger partial charge in [0.05, 0.1) is 0 Å². The highest BCUT2D eigenvalue weighted by Gasteiger charge is 2.36. The second kappa shape index (κ2) is 2.58. The topological polar surface area (TPSA) is 26.0 Å². The van der Waals surface area contributed by atoms with Crippen molar-refractivity contribution in [3.8, 4) is 0 Å². The molecule has 0 amide bonds. The number of rotatable bonds is 1. The van der Waals surface area contributed by atoms with E-state index in [9.17, 15) is 0 Å². The summed E-state index contributed by atoms with van der Waals surface area (Å²) in [6.45, 7) is 2.12. The van der Waals surface area contributed by atoms with E-state index in [1.54, 1.807) is 0 Å². The molecule has 0 saturated heterocycles. The highest BCUT2D eigenvalue weighted by molar-refractivity contribution is 14.1. The molecular weight excluding hydrogens is 221 g/mol. The molecule has 1 rings (SSSR count). The minimum absolute atomic E-state index is 0.0989. The van der Waals surface area contributed by atoms with Crippen molar-refractivity contribution in [3.63, 3.8) is 0 Å². The predicted octanol–water partition coefficient (Wildman–Crippen LogP) is 2.06. The summed E-state index contributed by atoms with van der Waals surface area (Å²) in [5, 5.41) is 0. The summed E-state index contributed by atoms with van der Waals surface area (Å²) in [4.78, 5) is 0. The molecule has 2 heteroatoms. The van der Waals surface area contributed by atoms with Gasteiger partial charge in [-0.15, -0.1) is 0 Å². The Morgan fingerprint density at radius 1 is 1.78 bits per heavy atom. The van der Waals surface area contributed by atoms with Crippen molar-refractivity contribution in [2.75, 3.05) is 0 Å². The van der Waals surface area contributed by atoms with Crippen molar-refractivity contribution in [1.29, 1.82) is 0 Å². The van der Waals surface area contributed by atoms with E-state index in [0.717, 1.165) is 0 Å². The van der Waals surface area contributed by atoms with E-state index in [2.05, 4.69) is 39.7 Å². The molecule has 0 bridgehead atoms. The smallest absolute Gasteiger partial charge is 0.0189 e. The van der Waals surface area contributed by atoms with Crippen LogP contribution in [0.2, 0.25) is 0 Å². The van der Waals surface area contributed by atoms with E-state index in [1.165, 1.54) is 12.8 Å². The highest BCUT2D eigenvalue weighted by atomic mass is 123. The molecule has 0 aliphatic heterocycles. The van der Waals surface area contributed by atoms with Gasteiger partial charge in [-0.1, -0.05) is 28.7 Å². The second-order valence-electron chi connectivity index (χ2n) is 2.97. The molecule has 1 aliphatic rings.